The van der Waals surface area contributed by atoms with Gasteiger partial charge in [0.05, 0.1) is 26.4 Å². The standard InChI is InChI=1S/C25H26N2O6/c1-17-12-27-23-20(32-24(27)26-22(17)29)21(31-14-19-10-6-3-7-11-19)25(15-28,33-23)16-30-13-18-8-4-2-5-9-18/h2-12,20-21,23,28H,13-16H2,1H3/t20?,21-,23+,25+/m0/s1. The van der Waals surface area contributed by atoms with Crippen LogP contribution in [0, 0.1) is 6.92 Å². The van der Waals surface area contributed by atoms with Gasteiger partial charge in [-0.05, 0) is 18.1 Å². The highest BCUT2D eigenvalue weighted by molar-refractivity contribution is 5.19. The molecule has 0 spiro atoms. The summed E-state index contributed by atoms with van der Waals surface area (Å²) < 4.78 is 26.4. The van der Waals surface area contributed by atoms with E-state index >= 15 is 0 Å². The second-order valence-electron chi connectivity index (χ2n) is 8.43. The molecule has 8 nitrogen and oxygen atoms in total. The summed E-state index contributed by atoms with van der Waals surface area (Å²) in [6.45, 7) is 2.16. The first-order valence-electron chi connectivity index (χ1n) is 10.9. The minimum absolute atomic E-state index is 0.107. The molecule has 3 aromatic rings. The summed E-state index contributed by atoms with van der Waals surface area (Å²) in [5, 5.41) is 10.5. The second-order valence-corrected chi connectivity index (χ2v) is 8.43. The molecule has 1 unspecified atom stereocenters. The van der Waals surface area contributed by atoms with Crippen LogP contribution in [0.5, 0.6) is 6.01 Å². The molecule has 3 heterocycles. The van der Waals surface area contributed by atoms with E-state index in [1.165, 1.54) is 0 Å². The molecule has 1 saturated heterocycles. The molecule has 2 aliphatic heterocycles. The summed E-state index contributed by atoms with van der Waals surface area (Å²) in [5.41, 5.74) is 0.993. The van der Waals surface area contributed by atoms with Crippen LogP contribution in [0.3, 0.4) is 0 Å². The molecule has 4 atom stereocenters. The molecule has 8 heteroatoms. The van der Waals surface area contributed by atoms with E-state index in [2.05, 4.69) is 4.98 Å². The van der Waals surface area contributed by atoms with E-state index in [-0.39, 0.29) is 24.8 Å². The van der Waals surface area contributed by atoms with Crippen molar-refractivity contribution in [3.8, 4) is 6.01 Å². The van der Waals surface area contributed by atoms with Crippen LogP contribution >= 0.6 is 0 Å². The fraction of sp³-hybridized carbons (Fsp3) is 0.360. The van der Waals surface area contributed by atoms with Crippen molar-refractivity contribution in [3.05, 3.63) is 93.9 Å². The Hall–Kier alpha value is -3.04. The lowest BCUT2D eigenvalue weighted by Gasteiger charge is -2.33. The van der Waals surface area contributed by atoms with Crippen LogP contribution in [0.2, 0.25) is 0 Å². The van der Waals surface area contributed by atoms with Gasteiger partial charge >= 0.3 is 6.01 Å². The van der Waals surface area contributed by atoms with E-state index in [1.54, 1.807) is 17.7 Å². The van der Waals surface area contributed by atoms with Gasteiger partial charge in [-0.1, -0.05) is 60.7 Å². The molecule has 0 bridgehead atoms. The maximum atomic E-state index is 12.0. The van der Waals surface area contributed by atoms with Crippen LogP contribution in [0.4, 0.5) is 0 Å². The monoisotopic (exact) mass is 450 g/mol. The molecule has 1 fully saturated rings. The molecule has 1 N–H and O–H groups in total. The molecular formula is C25H26N2O6. The molecule has 5 rings (SSSR count). The smallest absolute Gasteiger partial charge is 0.302 e. The lowest BCUT2D eigenvalue weighted by Crippen LogP contribution is -2.52. The molecular weight excluding hydrogens is 424 g/mol. The van der Waals surface area contributed by atoms with Crippen LogP contribution in [0.15, 0.2) is 71.7 Å². The number of hydrogen-bond donors (Lipinski definition) is 1. The minimum atomic E-state index is -1.15. The van der Waals surface area contributed by atoms with Gasteiger partial charge in [0.25, 0.3) is 5.56 Å². The third kappa shape index (κ3) is 4.18. The topological polar surface area (TPSA) is 92.0 Å². The van der Waals surface area contributed by atoms with E-state index in [4.69, 9.17) is 18.9 Å². The Morgan fingerprint density at radius 1 is 1.06 bits per heavy atom. The van der Waals surface area contributed by atoms with Crippen molar-refractivity contribution in [2.24, 2.45) is 0 Å². The Bertz CT molecular complexity index is 1150. The minimum Gasteiger partial charge on any atom is -0.453 e. The lowest BCUT2D eigenvalue weighted by molar-refractivity contribution is -0.177. The summed E-state index contributed by atoms with van der Waals surface area (Å²) >= 11 is 0. The van der Waals surface area contributed by atoms with Crippen LogP contribution < -0.4 is 10.3 Å². The van der Waals surface area contributed by atoms with E-state index in [0.29, 0.717) is 18.8 Å². The Morgan fingerprint density at radius 3 is 2.39 bits per heavy atom. The number of aliphatic hydroxyl groups excluding tert-OH is 1. The highest BCUT2D eigenvalue weighted by atomic mass is 16.7. The zero-order valence-electron chi connectivity index (χ0n) is 18.3. The predicted molar refractivity (Wildman–Crippen MR) is 119 cm³/mol. The molecule has 1 aromatic heterocycles. The van der Waals surface area contributed by atoms with Crippen molar-refractivity contribution in [2.45, 2.75) is 44.2 Å². The predicted octanol–water partition coefficient (Wildman–Crippen LogP) is 2.37. The number of aryl methyl sites for hydroxylation is 1. The fourth-order valence-corrected chi connectivity index (χ4v) is 4.31. The van der Waals surface area contributed by atoms with Gasteiger partial charge < -0.3 is 24.1 Å². The van der Waals surface area contributed by atoms with Crippen molar-refractivity contribution >= 4 is 0 Å². The van der Waals surface area contributed by atoms with E-state index < -0.39 is 24.0 Å². The highest BCUT2D eigenvalue weighted by Crippen LogP contribution is 2.46. The first-order chi connectivity index (χ1) is 16.1. The average molecular weight is 450 g/mol. The van der Waals surface area contributed by atoms with Crippen LogP contribution in [-0.2, 0) is 27.4 Å². The number of fused-ring (bicyclic) bond motifs is 3. The number of aliphatic hydroxyl groups is 1. The van der Waals surface area contributed by atoms with Gasteiger partial charge in [-0.2, -0.15) is 4.98 Å². The number of benzene rings is 2. The van der Waals surface area contributed by atoms with Gasteiger partial charge in [0.15, 0.2) is 12.3 Å². The zero-order valence-corrected chi connectivity index (χ0v) is 18.3. The van der Waals surface area contributed by atoms with E-state index in [0.717, 1.165) is 11.1 Å². The van der Waals surface area contributed by atoms with Gasteiger partial charge in [0.1, 0.15) is 11.7 Å². The van der Waals surface area contributed by atoms with Gasteiger partial charge in [-0.3, -0.25) is 9.36 Å². The van der Waals surface area contributed by atoms with E-state index in [9.17, 15) is 9.90 Å². The third-order valence-corrected chi connectivity index (χ3v) is 6.06. The van der Waals surface area contributed by atoms with Crippen molar-refractivity contribution in [2.75, 3.05) is 13.2 Å². The normalized spacial score (nSPS) is 25.5. The average Bonchev–Trinajstić information content (AvgIpc) is 3.32. The van der Waals surface area contributed by atoms with Gasteiger partial charge in [0.2, 0.25) is 0 Å². The summed E-state index contributed by atoms with van der Waals surface area (Å²) in [5.74, 6) is 0. The number of ether oxygens (including phenoxy) is 4. The number of hydrogen-bond acceptors (Lipinski definition) is 7. The van der Waals surface area contributed by atoms with Gasteiger partial charge in [0, 0.05) is 11.8 Å². The largest absolute Gasteiger partial charge is 0.453 e. The number of aromatic nitrogens is 2. The Kier molecular flexibility index (Phi) is 5.99. The number of rotatable bonds is 8. The van der Waals surface area contributed by atoms with Crippen molar-refractivity contribution in [3.63, 3.8) is 0 Å². The first kappa shape index (κ1) is 21.8. The Balaban J connectivity index is 1.41. The van der Waals surface area contributed by atoms with Crippen molar-refractivity contribution < 1.29 is 24.1 Å². The quantitative estimate of drug-likeness (QED) is 0.563. The highest BCUT2D eigenvalue weighted by Gasteiger charge is 2.61. The first-order valence-corrected chi connectivity index (χ1v) is 10.9. The van der Waals surface area contributed by atoms with Crippen molar-refractivity contribution in [1.82, 2.24) is 9.55 Å². The van der Waals surface area contributed by atoms with Crippen LogP contribution in [0.1, 0.15) is 22.9 Å². The van der Waals surface area contributed by atoms with Crippen LogP contribution in [-0.4, -0.2) is 45.7 Å². The zero-order chi connectivity index (χ0) is 22.8. The molecule has 0 aliphatic carbocycles. The maximum absolute atomic E-state index is 12.0. The molecule has 0 amide bonds. The molecule has 0 saturated carbocycles. The molecule has 172 valence electrons. The Morgan fingerprint density at radius 2 is 1.73 bits per heavy atom. The lowest BCUT2D eigenvalue weighted by atomic mass is 9.96. The van der Waals surface area contributed by atoms with Gasteiger partial charge in [-0.15, -0.1) is 0 Å². The molecule has 2 aliphatic rings. The van der Waals surface area contributed by atoms with Gasteiger partial charge in [-0.25, -0.2) is 0 Å². The molecule has 33 heavy (non-hydrogen) atoms. The summed E-state index contributed by atoms with van der Waals surface area (Å²) in [6.07, 6.45) is -0.169. The third-order valence-electron chi connectivity index (χ3n) is 6.06. The molecule has 2 aromatic carbocycles. The van der Waals surface area contributed by atoms with Crippen molar-refractivity contribution in [1.29, 1.82) is 0 Å². The SMILES string of the molecule is Cc1cn2c(nc1=O)OC1[C@H]2O[C@](CO)(COCc2ccccc2)[C@H]1OCc1ccccc1. The summed E-state index contributed by atoms with van der Waals surface area (Å²) in [6, 6.07) is 19.7. The molecule has 0 radical (unpaired) electrons. The summed E-state index contributed by atoms with van der Waals surface area (Å²) in [7, 11) is 0. The Labute approximate surface area is 191 Å². The van der Waals surface area contributed by atoms with E-state index in [1.807, 2.05) is 60.7 Å². The maximum Gasteiger partial charge on any atom is 0.302 e. The fourth-order valence-electron chi connectivity index (χ4n) is 4.31. The number of nitrogens with zero attached hydrogens (tertiary/aromatic N) is 2. The second kappa shape index (κ2) is 9.07. The van der Waals surface area contributed by atoms with Crippen LogP contribution in [0.25, 0.3) is 0 Å². The summed E-state index contributed by atoms with van der Waals surface area (Å²) in [4.78, 5) is 16.0.